The van der Waals surface area contributed by atoms with E-state index in [-0.39, 0.29) is 0 Å². The van der Waals surface area contributed by atoms with Crippen LogP contribution < -0.4 is 16.0 Å². The van der Waals surface area contributed by atoms with Crippen LogP contribution in [0.3, 0.4) is 0 Å². The van der Waals surface area contributed by atoms with Crippen LogP contribution in [0.5, 0.6) is 0 Å². The number of nitrogens with one attached hydrogen (secondary N) is 3. The van der Waals surface area contributed by atoms with Gasteiger partial charge in [-0.1, -0.05) is 38.7 Å². The summed E-state index contributed by atoms with van der Waals surface area (Å²) in [5.41, 5.74) is 0. The fourth-order valence-corrected chi connectivity index (χ4v) is 4.48. The van der Waals surface area contributed by atoms with Crippen molar-refractivity contribution < 1.29 is 0 Å². The predicted octanol–water partition coefficient (Wildman–Crippen LogP) is 4.04. The number of rotatable bonds is 8. The first-order chi connectivity index (χ1) is 14.8. The Hall–Kier alpha value is -2.48. The van der Waals surface area contributed by atoms with E-state index in [1.54, 1.807) is 6.20 Å². The normalized spacial score (nSPS) is 20.6. The molecule has 0 amide bonds. The molecule has 2 aromatic rings. The highest BCUT2D eigenvalue weighted by atomic mass is 15.3. The van der Waals surface area contributed by atoms with Gasteiger partial charge in [-0.15, -0.1) is 0 Å². The van der Waals surface area contributed by atoms with E-state index in [2.05, 4.69) is 47.7 Å². The molecule has 8 nitrogen and oxygen atoms in total. The Morgan fingerprint density at radius 3 is 2.50 bits per heavy atom. The molecule has 1 unspecified atom stereocenters. The number of hydrogen-bond acceptors (Lipinski definition) is 8. The summed E-state index contributed by atoms with van der Waals surface area (Å²) in [6.07, 6.45) is 11.8. The molecule has 0 aromatic carbocycles. The molecule has 2 aromatic heterocycles. The van der Waals surface area contributed by atoms with Gasteiger partial charge in [-0.25, -0.2) is 4.98 Å². The van der Waals surface area contributed by atoms with E-state index in [0.717, 1.165) is 18.9 Å². The molecule has 8 heteroatoms. The fourth-order valence-electron chi connectivity index (χ4n) is 4.48. The third-order valence-corrected chi connectivity index (χ3v) is 6.13. The maximum atomic E-state index is 4.69. The molecule has 30 heavy (non-hydrogen) atoms. The lowest BCUT2D eigenvalue weighted by atomic mass is 10.1. The van der Waals surface area contributed by atoms with E-state index in [9.17, 15) is 0 Å². The van der Waals surface area contributed by atoms with Gasteiger partial charge in [0.05, 0.1) is 0 Å². The maximum Gasteiger partial charge on any atom is 0.234 e. The lowest BCUT2D eigenvalue weighted by Crippen LogP contribution is -2.35. The average Bonchev–Trinajstić information content (AvgIpc) is 3.08. The van der Waals surface area contributed by atoms with Crippen LogP contribution in [0.15, 0.2) is 24.4 Å². The van der Waals surface area contributed by atoms with Gasteiger partial charge in [-0.3, -0.25) is 4.90 Å². The molecular weight excluding hydrogens is 376 g/mol. The number of aromatic nitrogens is 4. The van der Waals surface area contributed by atoms with Crippen LogP contribution in [0.4, 0.5) is 23.7 Å². The molecule has 1 aliphatic carbocycles. The Morgan fingerprint density at radius 2 is 1.73 bits per heavy atom. The number of likely N-dealkylation sites (tertiary alicyclic amines) is 1. The van der Waals surface area contributed by atoms with Crippen molar-refractivity contribution in [2.75, 3.05) is 35.6 Å². The number of nitrogens with zero attached hydrogens (tertiary/aromatic N) is 5. The molecule has 3 N–H and O–H groups in total. The van der Waals surface area contributed by atoms with E-state index in [4.69, 9.17) is 0 Å². The van der Waals surface area contributed by atoms with Crippen molar-refractivity contribution >= 4 is 23.7 Å². The minimum Gasteiger partial charge on any atom is -0.352 e. The quantitative estimate of drug-likeness (QED) is 0.562. The highest BCUT2D eigenvalue weighted by molar-refractivity contribution is 5.51. The fraction of sp³-hybridized carbons (Fsp3) is 0.636. The summed E-state index contributed by atoms with van der Waals surface area (Å²) in [7, 11) is 0. The van der Waals surface area contributed by atoms with Gasteiger partial charge in [-0.2, -0.15) is 15.0 Å². The molecule has 1 aliphatic heterocycles. The molecule has 2 fully saturated rings. The van der Waals surface area contributed by atoms with Crippen molar-refractivity contribution in [1.29, 1.82) is 0 Å². The lowest BCUT2D eigenvalue weighted by Gasteiger charge is -2.23. The van der Waals surface area contributed by atoms with Gasteiger partial charge in [0.2, 0.25) is 17.8 Å². The second kappa shape index (κ2) is 10.5. The van der Waals surface area contributed by atoms with E-state index in [1.165, 1.54) is 57.9 Å². The van der Waals surface area contributed by atoms with Gasteiger partial charge < -0.3 is 16.0 Å². The number of pyridine rings is 1. The van der Waals surface area contributed by atoms with Crippen LogP contribution in [0, 0.1) is 0 Å². The van der Waals surface area contributed by atoms with Crippen molar-refractivity contribution in [3.05, 3.63) is 24.4 Å². The Labute approximate surface area is 179 Å². The molecule has 1 atom stereocenters. The topological polar surface area (TPSA) is 90.9 Å². The average molecular weight is 411 g/mol. The molecule has 2 aliphatic rings. The zero-order valence-corrected chi connectivity index (χ0v) is 18.0. The first-order valence-electron chi connectivity index (χ1n) is 11.5. The van der Waals surface area contributed by atoms with Crippen LogP contribution >= 0.6 is 0 Å². The van der Waals surface area contributed by atoms with Gasteiger partial charge in [0, 0.05) is 24.8 Å². The largest absolute Gasteiger partial charge is 0.352 e. The molecule has 0 bridgehead atoms. The van der Waals surface area contributed by atoms with Crippen LogP contribution in [-0.2, 0) is 0 Å². The van der Waals surface area contributed by atoms with E-state index in [0.29, 0.717) is 29.9 Å². The van der Waals surface area contributed by atoms with Crippen molar-refractivity contribution in [2.45, 2.75) is 70.4 Å². The number of hydrogen-bond donors (Lipinski definition) is 3. The summed E-state index contributed by atoms with van der Waals surface area (Å²) >= 11 is 0. The summed E-state index contributed by atoms with van der Waals surface area (Å²) in [6, 6.07) is 6.71. The van der Waals surface area contributed by atoms with E-state index in [1.807, 2.05) is 18.2 Å². The van der Waals surface area contributed by atoms with Crippen LogP contribution in [0.25, 0.3) is 0 Å². The van der Waals surface area contributed by atoms with Crippen LogP contribution in [0.1, 0.15) is 58.3 Å². The SMILES string of the molecule is CCN1CCCC1CNc1nc(Nc2ccccn2)nc(NC2CCCCCC2)n1. The van der Waals surface area contributed by atoms with Crippen LogP contribution in [0.2, 0.25) is 0 Å². The monoisotopic (exact) mass is 410 g/mol. The molecule has 4 rings (SSSR count). The third kappa shape index (κ3) is 5.78. The first-order valence-corrected chi connectivity index (χ1v) is 11.5. The molecule has 162 valence electrons. The lowest BCUT2D eigenvalue weighted by molar-refractivity contribution is 0.277. The first kappa shape index (κ1) is 20.8. The van der Waals surface area contributed by atoms with Gasteiger partial charge in [-0.05, 0) is 50.9 Å². The van der Waals surface area contributed by atoms with Crippen molar-refractivity contribution in [3.63, 3.8) is 0 Å². The molecule has 1 saturated heterocycles. The second-order valence-electron chi connectivity index (χ2n) is 8.28. The van der Waals surface area contributed by atoms with Crippen molar-refractivity contribution in [3.8, 4) is 0 Å². The maximum absolute atomic E-state index is 4.69. The Kier molecular flexibility index (Phi) is 7.29. The molecular formula is C22H34N8. The van der Waals surface area contributed by atoms with Gasteiger partial charge >= 0.3 is 0 Å². The summed E-state index contributed by atoms with van der Waals surface area (Å²) < 4.78 is 0. The summed E-state index contributed by atoms with van der Waals surface area (Å²) in [5.74, 6) is 2.49. The zero-order chi connectivity index (χ0) is 20.6. The van der Waals surface area contributed by atoms with E-state index >= 15 is 0 Å². The van der Waals surface area contributed by atoms with Gasteiger partial charge in [0.25, 0.3) is 0 Å². The highest BCUT2D eigenvalue weighted by Gasteiger charge is 2.23. The highest BCUT2D eigenvalue weighted by Crippen LogP contribution is 2.22. The third-order valence-electron chi connectivity index (χ3n) is 6.13. The number of anilines is 4. The van der Waals surface area contributed by atoms with Crippen molar-refractivity contribution in [1.82, 2.24) is 24.8 Å². The molecule has 1 saturated carbocycles. The minimum atomic E-state index is 0.427. The smallest absolute Gasteiger partial charge is 0.234 e. The summed E-state index contributed by atoms with van der Waals surface area (Å²) in [6.45, 7) is 5.35. The minimum absolute atomic E-state index is 0.427. The Balaban J connectivity index is 1.49. The molecule has 3 heterocycles. The predicted molar refractivity (Wildman–Crippen MR) is 121 cm³/mol. The number of likely N-dealkylation sites (N-methyl/N-ethyl adjacent to an activating group) is 1. The van der Waals surface area contributed by atoms with E-state index < -0.39 is 0 Å². The summed E-state index contributed by atoms with van der Waals surface area (Å²) in [5, 5.41) is 10.2. The Bertz CT molecular complexity index is 776. The van der Waals surface area contributed by atoms with Crippen molar-refractivity contribution in [2.24, 2.45) is 0 Å². The second-order valence-corrected chi connectivity index (χ2v) is 8.28. The molecule has 0 spiro atoms. The van der Waals surface area contributed by atoms with Gasteiger partial charge in [0.1, 0.15) is 5.82 Å². The standard InChI is InChI=1S/C22H34N8/c1-2-30-15-9-12-18(30)16-24-20-27-21(25-17-10-5-3-4-6-11-17)29-22(28-20)26-19-13-7-8-14-23-19/h7-8,13-14,17-18H,2-6,9-12,15-16H2,1H3,(H3,23,24,25,26,27,28,29). The zero-order valence-electron chi connectivity index (χ0n) is 18.0. The van der Waals surface area contributed by atoms with Gasteiger partial charge in [0.15, 0.2) is 0 Å². The molecule has 0 radical (unpaired) electrons. The Morgan fingerprint density at radius 1 is 0.933 bits per heavy atom. The summed E-state index contributed by atoms with van der Waals surface area (Å²) in [4.78, 5) is 20.8. The van der Waals surface area contributed by atoms with Crippen LogP contribution in [-0.4, -0.2) is 56.6 Å².